The Hall–Kier alpha value is -5.94. The van der Waals surface area contributed by atoms with Gasteiger partial charge in [0.1, 0.15) is 52.7 Å². The standard InChI is InChI=1S/C24BF20.C12H12NOS/c26-5-1(6(27)14(35)21(42)13(5)34)25(2-7(28)15(36)22(43)16(37)8(2)29,3-9(30)17(38)23(44)18(39)10(3)31)4-11(32)19(40)24(45)20(41)12(4)33;1-10-4-2-3-5-11(10)12(14)8-13-6-7-15-9-13/h;2-7,9H,8H2,1H3/q-1;+1. The number of aryl methyl sites for hydroxylation is 1. The Balaban J connectivity index is 0.000000379. The molecule has 60 heavy (non-hydrogen) atoms. The Morgan fingerprint density at radius 2 is 0.717 bits per heavy atom. The van der Waals surface area contributed by atoms with E-state index in [2.05, 4.69) is 0 Å². The van der Waals surface area contributed by atoms with E-state index >= 15 is 35.1 Å². The summed E-state index contributed by atoms with van der Waals surface area (Å²) in [5, 5.41) is 1.96. The number of halogens is 20. The fourth-order valence-corrected chi connectivity index (χ4v) is 6.96. The van der Waals surface area contributed by atoms with Gasteiger partial charge in [0.15, 0.2) is 76.0 Å². The molecule has 0 aliphatic rings. The van der Waals surface area contributed by atoms with Crippen LogP contribution in [-0.2, 0) is 6.54 Å². The monoisotopic (exact) mass is 897 g/mol. The van der Waals surface area contributed by atoms with Crippen LogP contribution >= 0.6 is 11.3 Å². The van der Waals surface area contributed by atoms with Crippen LogP contribution in [0.4, 0.5) is 87.8 Å². The lowest BCUT2D eigenvalue weighted by Gasteiger charge is -2.44. The van der Waals surface area contributed by atoms with Gasteiger partial charge in [-0.3, -0.25) is 4.79 Å². The number of thiazole rings is 1. The first kappa shape index (κ1) is 45.2. The molecule has 0 radical (unpaired) electrons. The second-order valence-corrected chi connectivity index (χ2v) is 13.0. The smallest absolute Gasteiger partial charge is 0.227 e. The summed E-state index contributed by atoms with van der Waals surface area (Å²) in [6, 6.07) is 7.69. The van der Waals surface area contributed by atoms with Crippen molar-refractivity contribution < 1.29 is 97.2 Å². The van der Waals surface area contributed by atoms with E-state index in [0.29, 0.717) is 6.54 Å². The molecule has 1 aromatic heterocycles. The normalized spacial score (nSPS) is 11.6. The van der Waals surface area contributed by atoms with E-state index in [4.69, 9.17) is 0 Å². The first-order valence-corrected chi connectivity index (χ1v) is 16.6. The van der Waals surface area contributed by atoms with Crippen LogP contribution in [0.25, 0.3) is 0 Å². The molecule has 0 saturated carbocycles. The van der Waals surface area contributed by atoms with Crippen molar-refractivity contribution in [3.05, 3.63) is 169 Å². The van der Waals surface area contributed by atoms with E-state index in [1.54, 1.807) is 11.3 Å². The molecule has 0 unspecified atom stereocenters. The van der Waals surface area contributed by atoms with Crippen molar-refractivity contribution in [3.63, 3.8) is 0 Å². The van der Waals surface area contributed by atoms with Crippen molar-refractivity contribution in [3.8, 4) is 0 Å². The van der Waals surface area contributed by atoms with Gasteiger partial charge in [-0.25, -0.2) is 87.8 Å². The number of ketones is 1. The molecule has 24 heteroatoms. The molecular weight excluding hydrogens is 885 g/mol. The Labute approximate surface area is 324 Å². The molecule has 0 aliphatic heterocycles. The van der Waals surface area contributed by atoms with Crippen LogP contribution in [0.15, 0.2) is 41.4 Å². The van der Waals surface area contributed by atoms with E-state index in [1.165, 1.54) is 0 Å². The van der Waals surface area contributed by atoms with Gasteiger partial charge in [0, 0.05) is 5.56 Å². The molecule has 0 amide bonds. The average Bonchev–Trinajstić information content (AvgIpc) is 3.74. The van der Waals surface area contributed by atoms with Gasteiger partial charge in [-0.1, -0.05) is 35.6 Å². The maximum absolute atomic E-state index is 15.4. The zero-order valence-electron chi connectivity index (χ0n) is 28.6. The van der Waals surface area contributed by atoms with Crippen LogP contribution in [-0.4, -0.2) is 11.9 Å². The second-order valence-electron chi connectivity index (χ2n) is 12.2. The topological polar surface area (TPSA) is 20.9 Å². The van der Waals surface area contributed by atoms with E-state index in [1.807, 2.05) is 52.8 Å². The minimum Gasteiger partial charge on any atom is -0.287 e. The highest BCUT2D eigenvalue weighted by Crippen LogP contribution is 2.30. The van der Waals surface area contributed by atoms with Crippen LogP contribution < -0.4 is 26.4 Å². The van der Waals surface area contributed by atoms with Crippen LogP contribution in [0, 0.1) is 123 Å². The summed E-state index contributed by atoms with van der Waals surface area (Å²) in [4.78, 5) is 11.9. The molecule has 6 rings (SSSR count). The molecule has 0 bridgehead atoms. The van der Waals surface area contributed by atoms with Crippen molar-refractivity contribution in [1.29, 1.82) is 0 Å². The minimum absolute atomic E-state index is 0.163. The highest BCUT2D eigenvalue weighted by Gasteiger charge is 2.52. The molecule has 6 aromatic rings. The van der Waals surface area contributed by atoms with Gasteiger partial charge < -0.3 is 0 Å². The molecule has 0 saturated heterocycles. The minimum atomic E-state index is -7.22. The van der Waals surface area contributed by atoms with Crippen molar-refractivity contribution in [2.45, 2.75) is 13.5 Å². The van der Waals surface area contributed by atoms with Gasteiger partial charge in [-0.05, 0) is 12.5 Å². The van der Waals surface area contributed by atoms with Gasteiger partial charge in [-0.15, -0.1) is 21.9 Å². The summed E-state index contributed by atoms with van der Waals surface area (Å²) in [6.07, 6.45) is -5.30. The largest absolute Gasteiger partial charge is 0.287 e. The van der Waals surface area contributed by atoms with Crippen LogP contribution in [0.3, 0.4) is 0 Å². The number of hydrogen-bond donors (Lipinski definition) is 0. The van der Waals surface area contributed by atoms with Gasteiger partial charge in [0.05, 0.1) is 5.38 Å². The van der Waals surface area contributed by atoms with Gasteiger partial charge >= 0.3 is 0 Å². The Bertz CT molecular complexity index is 2340. The molecule has 0 aliphatic carbocycles. The molecule has 5 aromatic carbocycles. The zero-order chi connectivity index (χ0) is 45.0. The third kappa shape index (κ3) is 6.92. The van der Waals surface area contributed by atoms with Gasteiger partial charge in [0.25, 0.3) is 0 Å². The highest BCUT2D eigenvalue weighted by atomic mass is 32.1. The van der Waals surface area contributed by atoms with E-state index in [-0.39, 0.29) is 5.78 Å². The van der Waals surface area contributed by atoms with Crippen LogP contribution in [0.5, 0.6) is 0 Å². The number of hydrogen-bond acceptors (Lipinski definition) is 2. The van der Waals surface area contributed by atoms with Crippen molar-refractivity contribution in [2.75, 3.05) is 0 Å². The molecule has 0 N–H and O–H groups in total. The molecule has 0 fully saturated rings. The fourth-order valence-electron chi connectivity index (χ4n) is 6.36. The highest BCUT2D eigenvalue weighted by molar-refractivity contribution is 7.20. The summed E-state index contributed by atoms with van der Waals surface area (Å²) < 4.78 is 296. The molecular formula is C36H12BF20NOS. The van der Waals surface area contributed by atoms with Gasteiger partial charge in [0.2, 0.25) is 17.8 Å². The quantitative estimate of drug-likeness (QED) is 0.0397. The third-order valence-electron chi connectivity index (χ3n) is 9.01. The summed E-state index contributed by atoms with van der Waals surface area (Å²) in [5.41, 5.74) is -10.5. The van der Waals surface area contributed by atoms with Crippen molar-refractivity contribution in [1.82, 2.24) is 0 Å². The van der Waals surface area contributed by atoms with Crippen molar-refractivity contribution >= 4 is 45.1 Å². The summed E-state index contributed by atoms with van der Waals surface area (Å²) in [7, 11) is 0. The maximum Gasteiger partial charge on any atom is 0.227 e. The lowest BCUT2D eigenvalue weighted by molar-refractivity contribution is -0.678. The summed E-state index contributed by atoms with van der Waals surface area (Å²) in [6.45, 7) is 2.39. The number of nitrogens with zero attached hydrogens (tertiary/aromatic N) is 1. The summed E-state index contributed by atoms with van der Waals surface area (Å²) in [5.74, 6) is -71.2. The van der Waals surface area contributed by atoms with Crippen LogP contribution in [0.2, 0.25) is 0 Å². The lowest BCUT2D eigenvalue weighted by atomic mass is 9.12. The van der Waals surface area contributed by atoms with E-state index in [0.717, 1.165) is 11.1 Å². The zero-order valence-corrected chi connectivity index (χ0v) is 29.5. The SMILES string of the molecule is Cc1ccccc1C(=O)C[n+]1ccsc1.Fc1c(F)c(F)c([B-](c2c(F)c(F)c(F)c(F)c2F)(c2c(F)c(F)c(F)c(F)c2F)c2c(F)c(F)c(F)c(F)c2F)c(F)c1F. The Kier molecular flexibility index (Phi) is 12.5. The lowest BCUT2D eigenvalue weighted by Crippen LogP contribution is -2.81. The van der Waals surface area contributed by atoms with Crippen molar-refractivity contribution in [2.24, 2.45) is 0 Å². The molecule has 316 valence electrons. The Morgan fingerprint density at radius 3 is 0.967 bits per heavy atom. The first-order valence-electron chi connectivity index (χ1n) is 15.7. The number of Topliss-reactive ketones (excluding diaryl/α,β-unsaturated/α-hetero) is 1. The first-order chi connectivity index (χ1) is 28.0. The summed E-state index contributed by atoms with van der Waals surface area (Å²) >= 11 is 1.59. The fraction of sp³-hybridized carbons (Fsp3) is 0.0556. The van der Waals surface area contributed by atoms with E-state index in [9.17, 15) is 57.5 Å². The molecule has 1 heterocycles. The number of aromatic nitrogens is 1. The third-order valence-corrected chi connectivity index (χ3v) is 9.68. The molecule has 0 atom stereocenters. The number of rotatable bonds is 7. The predicted octanol–water partition coefficient (Wildman–Crippen LogP) is 8.07. The second kappa shape index (κ2) is 16.6. The van der Waals surface area contributed by atoms with Crippen LogP contribution in [0.1, 0.15) is 15.9 Å². The molecule has 0 spiro atoms. The number of carbonyl (C=O) groups is 1. The number of carbonyl (C=O) groups excluding carboxylic acids is 1. The predicted molar refractivity (Wildman–Crippen MR) is 169 cm³/mol. The maximum atomic E-state index is 15.4. The average molecular weight is 897 g/mol. The molecule has 2 nitrogen and oxygen atoms in total. The van der Waals surface area contributed by atoms with Gasteiger partial charge in [-0.2, -0.15) is 4.57 Å². The Morgan fingerprint density at radius 1 is 0.450 bits per heavy atom. The number of benzene rings is 5. The van der Waals surface area contributed by atoms with E-state index < -0.39 is 144 Å².